The fraction of sp³-hybridized carbons (Fsp3) is 0.250. The summed E-state index contributed by atoms with van der Waals surface area (Å²) in [7, 11) is 0. The SMILES string of the molecule is C=C(OC(=O)c1ccccc1)C1OCCO1. The highest BCUT2D eigenvalue weighted by atomic mass is 16.7. The van der Waals surface area contributed by atoms with E-state index in [-0.39, 0.29) is 5.76 Å². The van der Waals surface area contributed by atoms with Crippen molar-refractivity contribution in [2.24, 2.45) is 0 Å². The molecule has 16 heavy (non-hydrogen) atoms. The molecule has 0 atom stereocenters. The van der Waals surface area contributed by atoms with Crippen molar-refractivity contribution in [3.8, 4) is 0 Å². The summed E-state index contributed by atoms with van der Waals surface area (Å²) in [6.07, 6.45) is -0.632. The number of rotatable bonds is 3. The Morgan fingerprint density at radius 2 is 1.88 bits per heavy atom. The van der Waals surface area contributed by atoms with E-state index in [1.165, 1.54) is 0 Å². The van der Waals surface area contributed by atoms with Crippen LogP contribution in [0.5, 0.6) is 0 Å². The molecule has 84 valence electrons. The Labute approximate surface area is 93.4 Å². The molecule has 0 saturated carbocycles. The first-order valence-electron chi connectivity index (χ1n) is 4.96. The average Bonchev–Trinajstić information content (AvgIpc) is 2.83. The molecule has 1 aliphatic rings. The van der Waals surface area contributed by atoms with Gasteiger partial charge < -0.3 is 14.2 Å². The molecule has 1 fully saturated rings. The molecule has 0 radical (unpaired) electrons. The van der Waals surface area contributed by atoms with Crippen LogP contribution >= 0.6 is 0 Å². The normalized spacial score (nSPS) is 16.0. The van der Waals surface area contributed by atoms with Crippen molar-refractivity contribution in [3.05, 3.63) is 48.2 Å². The molecule has 4 heteroatoms. The molecule has 2 rings (SSSR count). The van der Waals surface area contributed by atoms with Gasteiger partial charge >= 0.3 is 5.97 Å². The van der Waals surface area contributed by atoms with Gasteiger partial charge in [-0.2, -0.15) is 0 Å². The van der Waals surface area contributed by atoms with Crippen LogP contribution in [0.25, 0.3) is 0 Å². The van der Waals surface area contributed by atoms with Crippen molar-refractivity contribution in [2.75, 3.05) is 13.2 Å². The van der Waals surface area contributed by atoms with Crippen LogP contribution in [0.2, 0.25) is 0 Å². The fourth-order valence-corrected chi connectivity index (χ4v) is 1.34. The average molecular weight is 220 g/mol. The predicted octanol–water partition coefficient (Wildman–Crippen LogP) is 1.73. The second-order valence-corrected chi connectivity index (χ2v) is 3.30. The summed E-state index contributed by atoms with van der Waals surface area (Å²) >= 11 is 0. The van der Waals surface area contributed by atoms with Crippen molar-refractivity contribution in [3.63, 3.8) is 0 Å². The van der Waals surface area contributed by atoms with E-state index in [2.05, 4.69) is 6.58 Å². The zero-order valence-electron chi connectivity index (χ0n) is 8.72. The Balaban J connectivity index is 1.94. The van der Waals surface area contributed by atoms with Crippen LogP contribution in [-0.4, -0.2) is 25.5 Å². The fourth-order valence-electron chi connectivity index (χ4n) is 1.34. The van der Waals surface area contributed by atoms with E-state index in [0.29, 0.717) is 18.8 Å². The zero-order chi connectivity index (χ0) is 11.4. The first-order chi connectivity index (χ1) is 7.77. The van der Waals surface area contributed by atoms with Gasteiger partial charge in [-0.05, 0) is 12.1 Å². The topological polar surface area (TPSA) is 44.8 Å². The molecule has 4 nitrogen and oxygen atoms in total. The lowest BCUT2D eigenvalue weighted by molar-refractivity contribution is -0.0443. The van der Waals surface area contributed by atoms with Crippen LogP contribution in [0.4, 0.5) is 0 Å². The summed E-state index contributed by atoms with van der Waals surface area (Å²) in [6, 6.07) is 8.70. The van der Waals surface area contributed by atoms with E-state index in [1.807, 2.05) is 6.07 Å². The van der Waals surface area contributed by atoms with Crippen molar-refractivity contribution < 1.29 is 19.0 Å². The van der Waals surface area contributed by atoms with Gasteiger partial charge in [0.1, 0.15) is 0 Å². The quantitative estimate of drug-likeness (QED) is 0.574. The highest BCUT2D eigenvalue weighted by Crippen LogP contribution is 2.15. The number of hydrogen-bond acceptors (Lipinski definition) is 4. The van der Waals surface area contributed by atoms with Gasteiger partial charge in [-0.3, -0.25) is 0 Å². The second kappa shape index (κ2) is 4.92. The monoisotopic (exact) mass is 220 g/mol. The van der Waals surface area contributed by atoms with Crippen LogP contribution < -0.4 is 0 Å². The minimum atomic E-state index is -0.632. The molecule has 0 unspecified atom stereocenters. The maximum absolute atomic E-state index is 11.6. The molecule has 1 aliphatic heterocycles. The van der Waals surface area contributed by atoms with E-state index in [4.69, 9.17) is 14.2 Å². The molecule has 0 spiro atoms. The smallest absolute Gasteiger partial charge is 0.343 e. The van der Waals surface area contributed by atoms with Gasteiger partial charge in [-0.25, -0.2) is 4.79 Å². The lowest BCUT2D eigenvalue weighted by atomic mass is 10.2. The highest BCUT2D eigenvalue weighted by molar-refractivity contribution is 5.89. The maximum Gasteiger partial charge on any atom is 0.343 e. The minimum absolute atomic E-state index is 0.186. The van der Waals surface area contributed by atoms with E-state index in [0.717, 1.165) is 0 Å². The molecule has 0 aliphatic carbocycles. The maximum atomic E-state index is 11.6. The number of carbonyl (C=O) groups excluding carboxylic acids is 1. The summed E-state index contributed by atoms with van der Waals surface area (Å²) < 4.78 is 15.3. The predicted molar refractivity (Wildman–Crippen MR) is 56.7 cm³/mol. The van der Waals surface area contributed by atoms with E-state index >= 15 is 0 Å². The third-order valence-corrected chi connectivity index (χ3v) is 2.12. The van der Waals surface area contributed by atoms with Crippen molar-refractivity contribution >= 4 is 5.97 Å². The van der Waals surface area contributed by atoms with Crippen molar-refractivity contribution in [1.82, 2.24) is 0 Å². The summed E-state index contributed by atoms with van der Waals surface area (Å²) in [6.45, 7) is 4.59. The summed E-state index contributed by atoms with van der Waals surface area (Å²) in [4.78, 5) is 11.6. The minimum Gasteiger partial charge on any atom is -0.423 e. The van der Waals surface area contributed by atoms with Gasteiger partial charge in [0.05, 0.1) is 18.8 Å². The number of carbonyl (C=O) groups is 1. The van der Waals surface area contributed by atoms with Crippen molar-refractivity contribution in [1.29, 1.82) is 0 Å². The molecule has 1 heterocycles. The van der Waals surface area contributed by atoms with Crippen LogP contribution in [0.3, 0.4) is 0 Å². The number of esters is 1. The van der Waals surface area contributed by atoms with Gasteiger partial charge in [0.25, 0.3) is 0 Å². The summed E-state index contributed by atoms with van der Waals surface area (Å²) in [5.41, 5.74) is 0.474. The lowest BCUT2D eigenvalue weighted by Gasteiger charge is -2.12. The Bertz CT molecular complexity index is 379. The van der Waals surface area contributed by atoms with Gasteiger partial charge in [0.2, 0.25) is 6.29 Å². The molecular formula is C12H12O4. The van der Waals surface area contributed by atoms with Crippen molar-refractivity contribution in [2.45, 2.75) is 6.29 Å². The first kappa shape index (κ1) is 10.9. The Morgan fingerprint density at radius 3 is 2.50 bits per heavy atom. The summed E-state index contributed by atoms with van der Waals surface area (Å²) in [5, 5.41) is 0. The van der Waals surface area contributed by atoms with E-state index < -0.39 is 12.3 Å². The molecule has 1 aromatic carbocycles. The third-order valence-electron chi connectivity index (χ3n) is 2.12. The standard InChI is InChI=1S/C12H12O4/c1-9(12-14-7-8-15-12)16-11(13)10-5-3-2-4-6-10/h2-6,12H,1,7-8H2. The Morgan fingerprint density at radius 1 is 1.25 bits per heavy atom. The molecule has 0 amide bonds. The highest BCUT2D eigenvalue weighted by Gasteiger charge is 2.23. The largest absolute Gasteiger partial charge is 0.423 e. The van der Waals surface area contributed by atoms with E-state index in [1.54, 1.807) is 24.3 Å². The third kappa shape index (κ3) is 2.48. The first-order valence-corrected chi connectivity index (χ1v) is 4.96. The lowest BCUT2D eigenvalue weighted by Crippen LogP contribution is -2.16. The number of ether oxygens (including phenoxy) is 3. The van der Waals surface area contributed by atoms with Gasteiger partial charge in [-0.15, -0.1) is 0 Å². The zero-order valence-corrected chi connectivity index (χ0v) is 8.72. The summed E-state index contributed by atoms with van der Waals surface area (Å²) in [5.74, 6) is -0.268. The Hall–Kier alpha value is -1.65. The van der Waals surface area contributed by atoms with Crippen LogP contribution in [0.1, 0.15) is 10.4 Å². The number of benzene rings is 1. The van der Waals surface area contributed by atoms with Crippen LogP contribution in [-0.2, 0) is 14.2 Å². The number of hydrogen-bond donors (Lipinski definition) is 0. The van der Waals surface area contributed by atoms with Crippen LogP contribution in [0, 0.1) is 0 Å². The van der Waals surface area contributed by atoms with Gasteiger partial charge in [0, 0.05) is 0 Å². The molecule has 1 saturated heterocycles. The molecular weight excluding hydrogens is 208 g/mol. The van der Waals surface area contributed by atoms with E-state index in [9.17, 15) is 4.79 Å². The molecule has 0 bridgehead atoms. The van der Waals surface area contributed by atoms with Crippen LogP contribution in [0.15, 0.2) is 42.7 Å². The molecule has 0 aromatic heterocycles. The second-order valence-electron chi connectivity index (χ2n) is 3.30. The van der Waals surface area contributed by atoms with Gasteiger partial charge in [-0.1, -0.05) is 24.8 Å². The van der Waals surface area contributed by atoms with Gasteiger partial charge in [0.15, 0.2) is 5.76 Å². The Kier molecular flexibility index (Phi) is 3.34. The molecule has 1 aromatic rings. The molecule has 0 N–H and O–H groups in total.